The van der Waals surface area contributed by atoms with Gasteiger partial charge in [-0.2, -0.15) is 0 Å². The smallest absolute Gasteiger partial charge is 0.240 e. The van der Waals surface area contributed by atoms with Crippen molar-refractivity contribution in [2.45, 2.75) is 26.3 Å². The van der Waals surface area contributed by atoms with E-state index in [0.29, 0.717) is 12.3 Å². The van der Waals surface area contributed by atoms with Crippen LogP contribution < -0.4 is 16.8 Å². The summed E-state index contributed by atoms with van der Waals surface area (Å²) in [6.45, 7) is 3.77. The van der Waals surface area contributed by atoms with Gasteiger partial charge in [0.15, 0.2) is 0 Å². The largest absolute Gasteiger partial charge is 0.368 e. The summed E-state index contributed by atoms with van der Waals surface area (Å²) in [4.78, 5) is 21.7. The van der Waals surface area contributed by atoms with Gasteiger partial charge in [0, 0.05) is 0 Å². The minimum absolute atomic E-state index is 0. The van der Waals surface area contributed by atoms with Crippen molar-refractivity contribution in [1.29, 1.82) is 0 Å². The molecule has 0 heterocycles. The van der Waals surface area contributed by atoms with Crippen LogP contribution in [0.4, 0.5) is 0 Å². The number of hydrogen-bond acceptors (Lipinski definition) is 3. The predicted molar refractivity (Wildman–Crippen MR) is 56.9 cm³/mol. The van der Waals surface area contributed by atoms with Gasteiger partial charge in [0.25, 0.3) is 0 Å². The number of rotatable bonds is 5. The van der Waals surface area contributed by atoms with Gasteiger partial charge in [-0.05, 0) is 12.3 Å². The fourth-order valence-electron chi connectivity index (χ4n) is 0.971. The second-order valence-electron chi connectivity index (χ2n) is 3.36. The molecule has 84 valence electrons. The van der Waals surface area contributed by atoms with Crippen LogP contribution in [0.1, 0.15) is 20.3 Å². The predicted octanol–water partition coefficient (Wildman–Crippen LogP) is -0.617. The van der Waals surface area contributed by atoms with E-state index in [2.05, 4.69) is 5.32 Å². The van der Waals surface area contributed by atoms with Gasteiger partial charge in [-0.25, -0.2) is 0 Å². The molecule has 0 spiro atoms. The van der Waals surface area contributed by atoms with Crippen LogP contribution in [0.25, 0.3) is 0 Å². The highest BCUT2D eigenvalue weighted by Gasteiger charge is 2.18. The van der Waals surface area contributed by atoms with E-state index < -0.39 is 11.9 Å². The molecule has 0 aromatic carbocycles. The summed E-state index contributed by atoms with van der Waals surface area (Å²) in [5.74, 6) is -0.574. The molecular formula is C8H18ClN3O2. The molecule has 0 rings (SSSR count). The third-order valence-electron chi connectivity index (χ3n) is 1.57. The minimum Gasteiger partial charge on any atom is -0.368 e. The number of nitrogens with two attached hydrogens (primary N) is 2. The van der Waals surface area contributed by atoms with Crippen LogP contribution in [0.2, 0.25) is 0 Å². The summed E-state index contributed by atoms with van der Waals surface area (Å²) in [6, 6.07) is -0.601. The van der Waals surface area contributed by atoms with Crippen LogP contribution in [-0.2, 0) is 9.59 Å². The summed E-state index contributed by atoms with van der Waals surface area (Å²) in [5.41, 5.74) is 10.2. The second-order valence-corrected chi connectivity index (χ2v) is 3.36. The number of primary amides is 1. The lowest BCUT2D eigenvalue weighted by Gasteiger charge is -2.16. The topological polar surface area (TPSA) is 98.2 Å². The van der Waals surface area contributed by atoms with E-state index in [-0.39, 0.29) is 24.9 Å². The third kappa shape index (κ3) is 6.68. The Balaban J connectivity index is 0. The first kappa shape index (κ1) is 15.7. The molecular weight excluding hydrogens is 206 g/mol. The first-order valence-electron chi connectivity index (χ1n) is 4.26. The van der Waals surface area contributed by atoms with Gasteiger partial charge in [0.2, 0.25) is 11.8 Å². The summed E-state index contributed by atoms with van der Waals surface area (Å²) in [5, 5.41) is 2.46. The molecule has 0 saturated heterocycles. The lowest BCUT2D eigenvalue weighted by atomic mass is 10.0. The van der Waals surface area contributed by atoms with E-state index in [1.807, 2.05) is 13.8 Å². The highest BCUT2D eigenvalue weighted by molar-refractivity contribution is 5.87. The van der Waals surface area contributed by atoms with E-state index in [1.165, 1.54) is 0 Å². The van der Waals surface area contributed by atoms with Crippen LogP contribution >= 0.6 is 12.4 Å². The zero-order valence-electron chi connectivity index (χ0n) is 8.45. The van der Waals surface area contributed by atoms with E-state index >= 15 is 0 Å². The minimum atomic E-state index is -0.601. The number of nitrogens with one attached hydrogen (secondary N) is 1. The van der Waals surface area contributed by atoms with Gasteiger partial charge in [0.1, 0.15) is 6.04 Å². The van der Waals surface area contributed by atoms with E-state index in [1.54, 1.807) is 0 Å². The highest BCUT2D eigenvalue weighted by atomic mass is 35.5. The van der Waals surface area contributed by atoms with Crippen LogP contribution in [0.5, 0.6) is 0 Å². The van der Waals surface area contributed by atoms with Crippen molar-refractivity contribution in [3.8, 4) is 0 Å². The summed E-state index contributed by atoms with van der Waals surface area (Å²) in [6.07, 6.45) is 0.543. The Bertz CT molecular complexity index is 197. The van der Waals surface area contributed by atoms with Crippen molar-refractivity contribution in [2.24, 2.45) is 17.4 Å². The van der Waals surface area contributed by atoms with E-state index in [0.717, 1.165) is 0 Å². The van der Waals surface area contributed by atoms with Crippen LogP contribution in [0.15, 0.2) is 0 Å². The molecule has 0 aromatic heterocycles. The van der Waals surface area contributed by atoms with Crippen molar-refractivity contribution in [3.05, 3.63) is 0 Å². The van der Waals surface area contributed by atoms with Gasteiger partial charge in [-0.3, -0.25) is 9.59 Å². The average Bonchev–Trinajstić information content (AvgIpc) is 2.02. The Kier molecular flexibility index (Phi) is 8.48. The zero-order chi connectivity index (χ0) is 10.4. The quantitative estimate of drug-likeness (QED) is 0.580. The fraction of sp³-hybridized carbons (Fsp3) is 0.750. The first-order valence-corrected chi connectivity index (χ1v) is 4.26. The molecule has 6 heteroatoms. The molecule has 5 nitrogen and oxygen atoms in total. The SMILES string of the molecule is CC(C)C[C@H](NC(=O)CN)C(N)=O.Cl. The lowest BCUT2D eigenvalue weighted by Crippen LogP contribution is -2.47. The number of hydrogen-bond donors (Lipinski definition) is 3. The van der Waals surface area contributed by atoms with Crippen molar-refractivity contribution >= 4 is 24.2 Å². The molecule has 1 atom stereocenters. The van der Waals surface area contributed by atoms with E-state index in [9.17, 15) is 9.59 Å². The Morgan fingerprint density at radius 1 is 1.36 bits per heavy atom. The summed E-state index contributed by atoms with van der Waals surface area (Å²) >= 11 is 0. The van der Waals surface area contributed by atoms with Gasteiger partial charge in [-0.1, -0.05) is 13.8 Å². The Morgan fingerprint density at radius 3 is 2.14 bits per heavy atom. The lowest BCUT2D eigenvalue weighted by molar-refractivity contribution is -0.126. The normalized spacial score (nSPS) is 11.7. The maximum Gasteiger partial charge on any atom is 0.240 e. The van der Waals surface area contributed by atoms with Gasteiger partial charge in [-0.15, -0.1) is 12.4 Å². The van der Waals surface area contributed by atoms with Crippen molar-refractivity contribution in [2.75, 3.05) is 6.54 Å². The fourth-order valence-corrected chi connectivity index (χ4v) is 0.971. The van der Waals surface area contributed by atoms with Crippen LogP contribution in [0.3, 0.4) is 0 Å². The first-order chi connectivity index (χ1) is 5.97. The number of halogens is 1. The van der Waals surface area contributed by atoms with Crippen LogP contribution in [0, 0.1) is 5.92 Å². The number of carbonyl (C=O) groups is 2. The summed E-state index contributed by atoms with van der Waals surface area (Å²) < 4.78 is 0. The third-order valence-corrected chi connectivity index (χ3v) is 1.57. The van der Waals surface area contributed by atoms with Gasteiger partial charge >= 0.3 is 0 Å². The maximum atomic E-state index is 10.9. The van der Waals surface area contributed by atoms with Crippen molar-refractivity contribution < 1.29 is 9.59 Å². The molecule has 0 saturated carbocycles. The van der Waals surface area contributed by atoms with E-state index in [4.69, 9.17) is 11.5 Å². The van der Waals surface area contributed by atoms with Crippen molar-refractivity contribution in [3.63, 3.8) is 0 Å². The molecule has 0 fully saturated rings. The molecule has 0 bridgehead atoms. The Hall–Kier alpha value is -0.810. The van der Waals surface area contributed by atoms with Crippen molar-refractivity contribution in [1.82, 2.24) is 5.32 Å². The zero-order valence-corrected chi connectivity index (χ0v) is 9.26. The van der Waals surface area contributed by atoms with Crippen LogP contribution in [-0.4, -0.2) is 24.4 Å². The molecule has 2 amide bonds. The number of carbonyl (C=O) groups excluding carboxylic acids is 2. The highest BCUT2D eigenvalue weighted by Crippen LogP contribution is 2.03. The second kappa shape index (κ2) is 7.58. The molecule has 0 aliphatic heterocycles. The molecule has 0 aromatic rings. The summed E-state index contributed by atoms with van der Waals surface area (Å²) in [7, 11) is 0. The maximum absolute atomic E-state index is 10.9. The molecule has 0 aliphatic carbocycles. The monoisotopic (exact) mass is 223 g/mol. The Labute approximate surface area is 90.0 Å². The molecule has 5 N–H and O–H groups in total. The van der Waals surface area contributed by atoms with Gasteiger partial charge < -0.3 is 16.8 Å². The number of amides is 2. The molecule has 0 unspecified atom stereocenters. The van der Waals surface area contributed by atoms with Gasteiger partial charge in [0.05, 0.1) is 6.54 Å². The Morgan fingerprint density at radius 2 is 1.86 bits per heavy atom. The molecule has 14 heavy (non-hydrogen) atoms. The molecule has 0 radical (unpaired) electrons. The molecule has 0 aliphatic rings. The average molecular weight is 224 g/mol. The standard InChI is InChI=1S/C8H17N3O2.ClH/c1-5(2)3-6(8(10)13)11-7(12)4-9;/h5-6H,3-4,9H2,1-2H3,(H2,10,13)(H,11,12);1H/t6-;/m0./s1.